The first-order valence-electron chi connectivity index (χ1n) is 6.70. The van der Waals surface area contributed by atoms with Crippen LogP contribution in [0.1, 0.15) is 26.7 Å². The quantitative estimate of drug-likeness (QED) is 0.557. The van der Waals surface area contributed by atoms with Gasteiger partial charge in [-0.2, -0.15) is 0 Å². The van der Waals surface area contributed by atoms with Crippen LogP contribution in [0, 0.1) is 0 Å². The van der Waals surface area contributed by atoms with Crippen LogP contribution < -0.4 is 5.32 Å². The third-order valence-electron chi connectivity index (χ3n) is 2.54. The second kappa shape index (κ2) is 9.81. The maximum Gasteiger partial charge on any atom is 0.323 e. The molecular weight excluding hydrogens is 260 g/mol. The molecule has 0 aromatic carbocycles. The average Bonchev–Trinajstić information content (AvgIpc) is 2.44. The van der Waals surface area contributed by atoms with Gasteiger partial charge in [-0.05, 0) is 38.4 Å². The Labute approximate surface area is 119 Å². The fraction of sp³-hybridized carbons (Fsp3) is 0.571. The van der Waals surface area contributed by atoms with Crippen LogP contribution in [0.3, 0.4) is 0 Å². The van der Waals surface area contributed by atoms with Crippen LogP contribution in [0.15, 0.2) is 29.4 Å². The van der Waals surface area contributed by atoms with Crippen LogP contribution in [-0.4, -0.2) is 35.9 Å². The van der Waals surface area contributed by atoms with Crippen molar-refractivity contribution in [2.45, 2.75) is 37.6 Å². The normalized spacial score (nSPS) is 12.1. The SMILES string of the molecule is CCCNC(CCSc1ccncc1)C(=O)OCC. The van der Waals surface area contributed by atoms with Crippen LogP contribution in [-0.2, 0) is 9.53 Å². The molecule has 0 bridgehead atoms. The second-order valence-electron chi connectivity index (χ2n) is 4.08. The summed E-state index contributed by atoms with van der Waals surface area (Å²) in [4.78, 5) is 16.9. The Morgan fingerprint density at radius 1 is 1.42 bits per heavy atom. The maximum absolute atomic E-state index is 11.8. The second-order valence-corrected chi connectivity index (χ2v) is 5.25. The van der Waals surface area contributed by atoms with Crippen molar-refractivity contribution < 1.29 is 9.53 Å². The third kappa shape index (κ3) is 6.59. The highest BCUT2D eigenvalue weighted by Gasteiger charge is 2.18. The van der Waals surface area contributed by atoms with Crippen molar-refractivity contribution in [1.29, 1.82) is 0 Å². The van der Waals surface area contributed by atoms with Gasteiger partial charge in [0.15, 0.2) is 0 Å². The van der Waals surface area contributed by atoms with Gasteiger partial charge in [0.05, 0.1) is 6.61 Å². The Morgan fingerprint density at radius 2 is 2.16 bits per heavy atom. The molecule has 106 valence electrons. The fourth-order valence-corrected chi connectivity index (χ4v) is 2.50. The molecule has 1 atom stereocenters. The Hall–Kier alpha value is -1.07. The number of hydrogen-bond donors (Lipinski definition) is 1. The zero-order valence-electron chi connectivity index (χ0n) is 11.6. The number of carbonyl (C=O) groups excluding carboxylic acids is 1. The molecule has 1 N–H and O–H groups in total. The van der Waals surface area contributed by atoms with Gasteiger partial charge in [0.25, 0.3) is 0 Å². The van der Waals surface area contributed by atoms with Crippen LogP contribution >= 0.6 is 11.8 Å². The van der Waals surface area contributed by atoms with E-state index in [-0.39, 0.29) is 12.0 Å². The van der Waals surface area contributed by atoms with Crippen molar-refractivity contribution >= 4 is 17.7 Å². The Morgan fingerprint density at radius 3 is 2.79 bits per heavy atom. The molecule has 0 aliphatic rings. The van der Waals surface area contributed by atoms with Crippen LogP contribution in [0.4, 0.5) is 0 Å². The van der Waals surface area contributed by atoms with Gasteiger partial charge in [-0.15, -0.1) is 11.8 Å². The zero-order chi connectivity index (χ0) is 13.9. The predicted octanol–water partition coefficient (Wildman–Crippen LogP) is 2.50. The lowest BCUT2D eigenvalue weighted by molar-refractivity contribution is -0.145. The maximum atomic E-state index is 11.8. The fourth-order valence-electron chi connectivity index (χ4n) is 1.59. The van der Waals surface area contributed by atoms with Crippen molar-refractivity contribution in [1.82, 2.24) is 10.3 Å². The van der Waals surface area contributed by atoms with E-state index in [0.29, 0.717) is 6.61 Å². The van der Waals surface area contributed by atoms with Gasteiger partial charge in [0.1, 0.15) is 6.04 Å². The van der Waals surface area contributed by atoms with E-state index in [0.717, 1.165) is 25.1 Å². The number of hydrogen-bond acceptors (Lipinski definition) is 5. The van der Waals surface area contributed by atoms with E-state index in [4.69, 9.17) is 4.74 Å². The number of nitrogens with zero attached hydrogens (tertiary/aromatic N) is 1. The first-order chi connectivity index (χ1) is 9.27. The number of pyridine rings is 1. The van der Waals surface area contributed by atoms with E-state index in [1.807, 2.05) is 19.1 Å². The molecule has 0 saturated heterocycles. The molecule has 1 rings (SSSR count). The summed E-state index contributed by atoms with van der Waals surface area (Å²) < 4.78 is 5.08. The number of thioether (sulfide) groups is 1. The number of aromatic nitrogens is 1. The zero-order valence-corrected chi connectivity index (χ0v) is 12.4. The van der Waals surface area contributed by atoms with Crippen LogP contribution in [0.25, 0.3) is 0 Å². The number of carbonyl (C=O) groups is 1. The molecule has 0 aliphatic carbocycles. The van der Waals surface area contributed by atoms with Gasteiger partial charge in [-0.3, -0.25) is 9.78 Å². The van der Waals surface area contributed by atoms with Gasteiger partial charge >= 0.3 is 5.97 Å². The van der Waals surface area contributed by atoms with Crippen molar-refractivity contribution in [3.63, 3.8) is 0 Å². The number of ether oxygens (including phenoxy) is 1. The van der Waals surface area contributed by atoms with Crippen molar-refractivity contribution in [2.75, 3.05) is 18.9 Å². The first-order valence-corrected chi connectivity index (χ1v) is 7.69. The van der Waals surface area contributed by atoms with E-state index in [2.05, 4.69) is 17.2 Å². The molecule has 0 aliphatic heterocycles. The van der Waals surface area contributed by atoms with Gasteiger partial charge in [-0.1, -0.05) is 6.92 Å². The van der Waals surface area contributed by atoms with Gasteiger partial charge < -0.3 is 10.1 Å². The highest BCUT2D eigenvalue weighted by Crippen LogP contribution is 2.18. The molecule has 0 radical (unpaired) electrons. The molecule has 1 aromatic heterocycles. The smallest absolute Gasteiger partial charge is 0.323 e. The molecule has 1 unspecified atom stereocenters. The minimum absolute atomic E-state index is 0.147. The van der Waals surface area contributed by atoms with E-state index < -0.39 is 0 Å². The number of nitrogens with one attached hydrogen (secondary N) is 1. The van der Waals surface area contributed by atoms with Crippen molar-refractivity contribution in [3.05, 3.63) is 24.5 Å². The Kier molecular flexibility index (Phi) is 8.25. The molecule has 19 heavy (non-hydrogen) atoms. The molecule has 5 heteroatoms. The summed E-state index contributed by atoms with van der Waals surface area (Å²) in [5.41, 5.74) is 0. The van der Waals surface area contributed by atoms with E-state index in [1.54, 1.807) is 24.2 Å². The topological polar surface area (TPSA) is 51.2 Å². The van der Waals surface area contributed by atoms with Crippen molar-refractivity contribution in [3.8, 4) is 0 Å². The van der Waals surface area contributed by atoms with Gasteiger partial charge in [0.2, 0.25) is 0 Å². The number of esters is 1. The van der Waals surface area contributed by atoms with Crippen LogP contribution in [0.5, 0.6) is 0 Å². The lowest BCUT2D eigenvalue weighted by Gasteiger charge is -2.16. The van der Waals surface area contributed by atoms with Crippen LogP contribution in [0.2, 0.25) is 0 Å². The molecular formula is C14H22N2O2S. The Balaban J connectivity index is 2.37. The summed E-state index contributed by atoms with van der Waals surface area (Å²) in [6.45, 7) is 5.19. The summed E-state index contributed by atoms with van der Waals surface area (Å²) in [6, 6.07) is 3.75. The minimum atomic E-state index is -0.200. The van der Waals surface area contributed by atoms with Gasteiger partial charge in [0, 0.05) is 23.0 Å². The number of rotatable bonds is 9. The molecule has 1 heterocycles. The van der Waals surface area contributed by atoms with Gasteiger partial charge in [-0.25, -0.2) is 0 Å². The largest absolute Gasteiger partial charge is 0.465 e. The van der Waals surface area contributed by atoms with E-state index >= 15 is 0 Å². The summed E-state index contributed by atoms with van der Waals surface area (Å²) >= 11 is 1.73. The van der Waals surface area contributed by atoms with Crippen molar-refractivity contribution in [2.24, 2.45) is 0 Å². The monoisotopic (exact) mass is 282 g/mol. The standard InChI is InChI=1S/C14H22N2O2S/c1-3-8-16-13(14(17)18-4-2)7-11-19-12-5-9-15-10-6-12/h5-6,9-10,13,16H,3-4,7-8,11H2,1-2H3. The third-order valence-corrected chi connectivity index (χ3v) is 3.58. The summed E-state index contributed by atoms with van der Waals surface area (Å²) in [6.07, 6.45) is 5.33. The first kappa shape index (κ1) is 16.0. The summed E-state index contributed by atoms with van der Waals surface area (Å²) in [5, 5.41) is 3.24. The minimum Gasteiger partial charge on any atom is -0.465 e. The average molecular weight is 282 g/mol. The van der Waals surface area contributed by atoms with E-state index in [1.165, 1.54) is 4.90 Å². The van der Waals surface area contributed by atoms with E-state index in [9.17, 15) is 4.79 Å². The molecule has 4 nitrogen and oxygen atoms in total. The lowest BCUT2D eigenvalue weighted by atomic mass is 10.2. The molecule has 0 amide bonds. The molecule has 0 spiro atoms. The lowest BCUT2D eigenvalue weighted by Crippen LogP contribution is -2.39. The summed E-state index contributed by atoms with van der Waals surface area (Å²) in [7, 11) is 0. The highest BCUT2D eigenvalue weighted by atomic mass is 32.2. The highest BCUT2D eigenvalue weighted by molar-refractivity contribution is 7.99. The summed E-state index contributed by atoms with van der Waals surface area (Å²) in [5.74, 6) is 0.732. The molecule has 1 aromatic rings. The predicted molar refractivity (Wildman–Crippen MR) is 78.3 cm³/mol. The molecule has 0 fully saturated rings. The Bertz CT molecular complexity index is 360. The molecule has 0 saturated carbocycles.